The average molecular weight is 1960 g/mol. The molecule has 0 radical (unpaired) electrons. The van der Waals surface area contributed by atoms with E-state index in [2.05, 4.69) is 46.5 Å². The Balaban J connectivity index is 0.000000423. The molecule has 38 nitrogen and oxygen atoms in total. The van der Waals surface area contributed by atoms with Gasteiger partial charge in [0.1, 0.15) is 54.3 Å². The van der Waals surface area contributed by atoms with Crippen LogP contribution in [0.1, 0.15) is 140 Å². The number of carbonyl (C=O) groups excluding carboxylic acids is 9. The highest BCUT2D eigenvalue weighted by Crippen LogP contribution is 2.57. The zero-order chi connectivity index (χ0) is 102. The van der Waals surface area contributed by atoms with Crippen LogP contribution in [-0.4, -0.2) is 284 Å². The number of carbonyl (C=O) groups is 9. The molecular formula is C102H146N9O29+. The number of hydrogen-bond acceptors (Lipinski definition) is 30. The molecule has 4 unspecified atom stereocenters. The van der Waals surface area contributed by atoms with Crippen LogP contribution in [0, 0.1) is 72.0 Å². The molecule has 3 aliphatic heterocycles. The molecule has 5 aromatic rings. The van der Waals surface area contributed by atoms with E-state index in [1.54, 1.807) is 45.9 Å². The number of nitrogens with one attached hydrogen (secondary N) is 5. The third kappa shape index (κ3) is 30.3. The number of esters is 1. The minimum Gasteiger partial charge on any atom is -0.507 e. The highest BCUT2D eigenvalue weighted by molar-refractivity contribution is 6.17. The van der Waals surface area contributed by atoms with Crippen molar-refractivity contribution in [3.8, 4) is 17.2 Å². The van der Waals surface area contributed by atoms with E-state index in [9.17, 15) is 68.4 Å². The predicted molar refractivity (Wildman–Crippen MR) is 521 cm³/mol. The van der Waals surface area contributed by atoms with Crippen molar-refractivity contribution in [2.45, 2.75) is 178 Å². The Morgan fingerprint density at radius 1 is 0.721 bits per heavy atom. The summed E-state index contributed by atoms with van der Waals surface area (Å²) < 4.78 is 80.3. The first-order valence-electron chi connectivity index (χ1n) is 48.5. The minimum atomic E-state index is -2.06. The number of likely N-dealkylation sites (tertiary alicyclic amines) is 1. The summed E-state index contributed by atoms with van der Waals surface area (Å²) in [7, 11) is 5.37. The molecule has 15 atom stereocenters. The standard InChI is InChI=1S/C71H93N7O19.C31H52N2O10/c1-15-92-29-26-52(82)75-56(36(2)3)48(80)32-45(20-17-27-73-70(72)90)69(89)74-46-23-21-44(22-24-46)35-78(12,13)28-31-93-47-33-49(81)57-51(34-47)96-66-58(76-57)53-54-62(85)42(9)65-55(53)67(87)71(11,97-65)94-30-25-50(91-14)39(6)64(95-43(10)79)41(8)61(84)40(7)60(83)37(4)18-16-19-38(5)68(88)77-59(66)63(54)86;1-4-37-9-10-39-13-14-41-17-18-43-20-19-42-16-15-40-12-11-38-8-6-32-27(34)5-7-33-30(35)28-24-21-25(23(2)3)26(22-24)29(28)31(33)36/h16,18-19,21-25,30,33-34,36-37,39-41,45,50,56,60-61,64,83-84H,15,17,20,26-29,31-32,35H2,1-14H3,(H7-,72,73,74,75,76,77,81,82,85,86,87,88,89,90);21,23-24,26,28-29H,4-20,22H2,1-3H3,(H,32,34)/p+1/b18-16+,30-25+,38-19-;/t37-,39+,40+,41+,45+,50-,56-,60-,61+,64+,71-;/m0./s1. The topological polar surface area (TPSA) is 504 Å². The smallest absolute Gasteiger partial charge is 0.312 e. The van der Waals surface area contributed by atoms with Crippen LogP contribution in [0.15, 0.2) is 98.2 Å². The molecule has 772 valence electrons. The number of imide groups is 1. The number of phenols is 1. The number of Topliss-reactive ketones (excluding diaryl/α,β-unsaturated/α-hetero) is 1. The monoisotopic (exact) mass is 1960 g/mol. The lowest BCUT2D eigenvalue weighted by Crippen LogP contribution is -2.46. The number of hydrogen-bond donors (Lipinski definition) is 10. The number of aromatic nitrogens is 1. The van der Waals surface area contributed by atoms with E-state index < -0.39 is 123 Å². The third-order valence-corrected chi connectivity index (χ3v) is 26.0. The number of methoxy groups -OCH3 is 1. The average Bonchev–Trinajstić information content (AvgIpc) is 1.32. The van der Waals surface area contributed by atoms with Crippen LogP contribution in [0.5, 0.6) is 17.2 Å². The molecule has 5 aliphatic rings. The molecule has 7 bridgehead atoms. The summed E-state index contributed by atoms with van der Waals surface area (Å²) in [5.74, 6) is -9.67. The number of amides is 8. The number of nitrogens with zero attached hydrogens (tertiary/aromatic N) is 3. The maximum Gasteiger partial charge on any atom is 0.312 e. The summed E-state index contributed by atoms with van der Waals surface area (Å²) in [6.07, 6.45) is 6.94. The maximum atomic E-state index is 15.1. The van der Waals surface area contributed by atoms with E-state index in [1.165, 1.54) is 81.9 Å². The highest BCUT2D eigenvalue weighted by Gasteiger charge is 2.61. The van der Waals surface area contributed by atoms with Crippen LogP contribution >= 0.6 is 0 Å². The van der Waals surface area contributed by atoms with Crippen LogP contribution in [0.2, 0.25) is 0 Å². The molecule has 2 fully saturated rings. The number of rotatable bonds is 49. The van der Waals surface area contributed by atoms with Gasteiger partial charge in [-0.05, 0) is 88.8 Å². The fraction of sp³-hybridized carbons (Fsp3) is 0.608. The lowest BCUT2D eigenvalue weighted by Gasteiger charge is -2.38. The first-order chi connectivity index (χ1) is 66.7. The van der Waals surface area contributed by atoms with Crippen LogP contribution in [0.25, 0.3) is 38.7 Å². The van der Waals surface area contributed by atoms with Crippen LogP contribution < -0.4 is 57.9 Å². The number of anilines is 2. The van der Waals surface area contributed by atoms with Gasteiger partial charge < -0.3 is 123 Å². The Morgan fingerprint density at radius 2 is 1.34 bits per heavy atom. The van der Waals surface area contributed by atoms with Crippen LogP contribution in [0.3, 0.4) is 0 Å². The zero-order valence-corrected chi connectivity index (χ0v) is 83.9. The quantitative estimate of drug-likeness (QED) is 0.00333. The zero-order valence-electron chi connectivity index (χ0n) is 83.9. The van der Waals surface area contributed by atoms with E-state index in [-0.39, 0.29) is 166 Å². The Hall–Kier alpha value is -10.9. The fourth-order valence-corrected chi connectivity index (χ4v) is 18.3. The number of ether oxygens (including phenoxy) is 13. The second kappa shape index (κ2) is 53.8. The van der Waals surface area contributed by atoms with Gasteiger partial charge in [-0.15, -0.1) is 0 Å². The van der Waals surface area contributed by atoms with Crippen LogP contribution in [0.4, 0.5) is 16.2 Å². The number of aliphatic hydroxyl groups excluding tert-OH is 3. The molecule has 1 saturated carbocycles. The number of nitrogens with two attached hydrogens (primary N) is 1. The summed E-state index contributed by atoms with van der Waals surface area (Å²) in [5.41, 5.74) is 4.95. The first-order valence-corrected chi connectivity index (χ1v) is 48.5. The second-order valence-corrected chi connectivity index (χ2v) is 37.6. The van der Waals surface area contributed by atoms with Crippen LogP contribution in [-0.2, 0) is 97.0 Å². The predicted octanol–water partition coefficient (Wildman–Crippen LogP) is 8.21. The SMILES string of the molecule is CCOCCC(=O)N[C@H](C(=O)C[C@@H](CCCNC(N)=O)C(=O)Nc1ccc(C[N+](C)(C)CCOc2cc(=O)c3nc4c(oc3c2)c2c(=O)c3c(O)c(C)c5c(c34)=C(O)[C@@](C)(O/C=C/[C@H](OC)[C@@H](C)[C@@H](OC(C)=O)[C@H](C)[C@H](O)[C@H](C)[C@@H](O)[C@@H](C)/C=C/C=C(/C)C(=O)N2)O5)cc1)C(C)C.CCOCCOCCOCCOCCOCCOCCOCCNC(=O)CCN1C(=O)C2C3C=C(C(C)C)C(C3)C2C1=O. The van der Waals surface area contributed by atoms with Gasteiger partial charge in [0, 0.05) is 143 Å². The van der Waals surface area contributed by atoms with Crippen molar-refractivity contribution < 1.29 is 134 Å². The number of aromatic hydroxyl groups is 1. The molecule has 38 heteroatoms. The number of ketones is 1. The Bertz CT molecular complexity index is 5410. The van der Waals surface area contributed by atoms with Gasteiger partial charge in [-0.3, -0.25) is 52.8 Å². The summed E-state index contributed by atoms with van der Waals surface area (Å²) in [4.78, 5) is 152. The molecule has 8 amide bonds. The van der Waals surface area contributed by atoms with Gasteiger partial charge in [0.2, 0.25) is 40.4 Å². The van der Waals surface area contributed by atoms with Gasteiger partial charge in [-0.2, -0.15) is 0 Å². The number of phenolic OH excluding ortho intramolecular Hbond substituents is 1. The highest BCUT2D eigenvalue weighted by atomic mass is 16.7. The lowest BCUT2D eigenvalue weighted by atomic mass is 9.78. The summed E-state index contributed by atoms with van der Waals surface area (Å²) in [5, 5.41) is 60.5. The van der Waals surface area contributed by atoms with Gasteiger partial charge in [0.25, 0.3) is 5.91 Å². The van der Waals surface area contributed by atoms with Gasteiger partial charge in [-0.25, -0.2) is 9.78 Å². The number of aliphatic hydroxyl groups is 3. The molecule has 4 heterocycles. The fourth-order valence-electron chi connectivity index (χ4n) is 18.3. The molecule has 2 aliphatic carbocycles. The van der Waals surface area contributed by atoms with E-state index in [4.69, 9.17) is 76.7 Å². The lowest BCUT2D eigenvalue weighted by molar-refractivity contribution is -0.903. The van der Waals surface area contributed by atoms with E-state index >= 15 is 4.79 Å². The number of fused-ring (bicyclic) bond motifs is 10. The summed E-state index contributed by atoms with van der Waals surface area (Å²) in [6.45, 7) is 33.4. The number of likely N-dealkylation sites (N-methyl/N-ethyl adjacent to an activating group) is 1. The number of quaternary nitrogens is 1. The molecule has 4 aromatic carbocycles. The Kier molecular flexibility index (Phi) is 43.3. The number of urea groups is 1. The molecule has 1 aromatic heterocycles. The first kappa shape index (κ1) is 113. The maximum absolute atomic E-state index is 15.1. The van der Waals surface area contributed by atoms with Crippen molar-refractivity contribution >= 4 is 103 Å². The van der Waals surface area contributed by atoms with Gasteiger partial charge in [-0.1, -0.05) is 97.4 Å². The van der Waals surface area contributed by atoms with Crippen molar-refractivity contribution in [1.82, 2.24) is 25.8 Å². The molecule has 1 saturated heterocycles. The van der Waals surface area contributed by atoms with Gasteiger partial charge in [0.15, 0.2) is 28.2 Å². The molecule has 11 N–H and O–H groups in total. The number of benzene rings is 4. The molecular weight excluding hydrogens is 1820 g/mol. The molecule has 140 heavy (non-hydrogen) atoms. The van der Waals surface area contributed by atoms with E-state index in [0.29, 0.717) is 141 Å². The Morgan fingerprint density at radius 3 is 1.94 bits per heavy atom. The van der Waals surface area contributed by atoms with Crippen molar-refractivity contribution in [3.63, 3.8) is 0 Å². The Labute approximate surface area is 817 Å². The van der Waals surface area contributed by atoms with Gasteiger partial charge in [0.05, 0.1) is 160 Å². The second-order valence-electron chi connectivity index (χ2n) is 37.6. The third-order valence-electron chi connectivity index (χ3n) is 26.0. The van der Waals surface area contributed by atoms with Crippen molar-refractivity contribution in [3.05, 3.63) is 121 Å². The van der Waals surface area contributed by atoms with E-state index in [0.717, 1.165) is 12.0 Å². The van der Waals surface area contributed by atoms with Crippen molar-refractivity contribution in [1.29, 1.82) is 0 Å². The number of allylic oxidation sites excluding steroid dienone is 4. The minimum absolute atomic E-state index is 0.00148. The van der Waals surface area contributed by atoms with E-state index in [1.807, 2.05) is 53.9 Å². The van der Waals surface area contributed by atoms with Gasteiger partial charge >= 0.3 is 17.8 Å². The van der Waals surface area contributed by atoms with Crippen molar-refractivity contribution in [2.75, 3.05) is 170 Å². The normalized spacial score (nSPS) is 23.3. The van der Waals surface area contributed by atoms with Crippen molar-refractivity contribution in [2.24, 2.45) is 70.8 Å². The molecule has 10 rings (SSSR count). The summed E-state index contributed by atoms with van der Waals surface area (Å²) in [6, 6.07) is 8.29. The molecule has 0 spiro atoms. The number of primary amides is 1. The largest absolute Gasteiger partial charge is 0.507 e. The summed E-state index contributed by atoms with van der Waals surface area (Å²) >= 11 is 0.